The zero-order valence-electron chi connectivity index (χ0n) is 11.3. The van der Waals surface area contributed by atoms with Crippen molar-refractivity contribution in [3.05, 3.63) is 34.2 Å². The normalized spacial score (nSPS) is 22.6. The van der Waals surface area contributed by atoms with Gasteiger partial charge in [-0.25, -0.2) is 4.39 Å². The first kappa shape index (κ1) is 15.5. The minimum absolute atomic E-state index is 0.112. The Balaban J connectivity index is 2.16. The maximum Gasteiger partial charge on any atom is 0.417 e. The van der Waals surface area contributed by atoms with Crippen LogP contribution in [-0.2, 0) is 17.5 Å². The third-order valence-corrected chi connectivity index (χ3v) is 3.39. The molecule has 0 spiro atoms. The molecule has 0 aliphatic carbocycles. The molecule has 1 aliphatic rings. The van der Waals surface area contributed by atoms with Gasteiger partial charge in [-0.3, -0.25) is 9.59 Å². The van der Waals surface area contributed by atoms with E-state index in [0.29, 0.717) is 16.8 Å². The molecule has 8 heteroatoms. The number of rotatable bonds is 2. The van der Waals surface area contributed by atoms with Crippen molar-refractivity contribution in [2.24, 2.45) is 0 Å². The van der Waals surface area contributed by atoms with E-state index in [-0.39, 0.29) is 19.5 Å². The zero-order valence-corrected chi connectivity index (χ0v) is 11.3. The summed E-state index contributed by atoms with van der Waals surface area (Å²) in [5.74, 6) is -0.571. The van der Waals surface area contributed by atoms with Crippen LogP contribution in [0.15, 0.2) is 23.1 Å². The fraction of sp³-hybridized carbons (Fsp3) is 0.538. The van der Waals surface area contributed by atoms with Crippen LogP contribution >= 0.6 is 0 Å². The minimum atomic E-state index is -4.59. The van der Waals surface area contributed by atoms with E-state index in [4.69, 9.17) is 0 Å². The SMILES string of the molecule is CC1(F)CCN(C(=O)Cn2cc(C(F)(F)F)ccc2=O)C1. The lowest BCUT2D eigenvalue weighted by molar-refractivity contribution is -0.138. The van der Waals surface area contributed by atoms with Crippen LogP contribution in [0.4, 0.5) is 17.6 Å². The molecule has 2 rings (SSSR count). The van der Waals surface area contributed by atoms with E-state index < -0.39 is 35.4 Å². The van der Waals surface area contributed by atoms with Gasteiger partial charge >= 0.3 is 6.18 Å². The molecule has 1 fully saturated rings. The average Bonchev–Trinajstić information content (AvgIpc) is 2.71. The van der Waals surface area contributed by atoms with E-state index in [2.05, 4.69) is 0 Å². The van der Waals surface area contributed by atoms with E-state index in [9.17, 15) is 27.2 Å². The molecule has 1 unspecified atom stereocenters. The van der Waals surface area contributed by atoms with Crippen molar-refractivity contribution >= 4 is 5.91 Å². The molecule has 116 valence electrons. The predicted octanol–water partition coefficient (Wildman–Crippen LogP) is 1.83. The highest BCUT2D eigenvalue weighted by atomic mass is 19.4. The fourth-order valence-corrected chi connectivity index (χ4v) is 2.21. The first-order chi connectivity index (χ1) is 9.58. The monoisotopic (exact) mass is 306 g/mol. The second-order valence-corrected chi connectivity index (χ2v) is 5.36. The van der Waals surface area contributed by atoms with Gasteiger partial charge in [-0.2, -0.15) is 13.2 Å². The van der Waals surface area contributed by atoms with Crippen molar-refractivity contribution < 1.29 is 22.4 Å². The summed E-state index contributed by atoms with van der Waals surface area (Å²) in [4.78, 5) is 24.7. The van der Waals surface area contributed by atoms with Gasteiger partial charge in [-0.1, -0.05) is 0 Å². The summed E-state index contributed by atoms with van der Waals surface area (Å²) in [6.07, 6.45) is -3.81. The van der Waals surface area contributed by atoms with Crippen LogP contribution in [0, 0.1) is 0 Å². The number of hydrogen-bond donors (Lipinski definition) is 0. The molecule has 1 atom stereocenters. The summed E-state index contributed by atoms with van der Waals surface area (Å²) in [5.41, 5.74) is -3.21. The van der Waals surface area contributed by atoms with Gasteiger partial charge in [0.25, 0.3) is 5.56 Å². The first-order valence-corrected chi connectivity index (χ1v) is 6.33. The van der Waals surface area contributed by atoms with Crippen molar-refractivity contribution in [2.75, 3.05) is 13.1 Å². The second kappa shape index (κ2) is 5.16. The van der Waals surface area contributed by atoms with Gasteiger partial charge in [0.1, 0.15) is 12.2 Å². The molecule has 0 aromatic carbocycles. The Bertz CT molecular complexity index is 607. The number of carbonyl (C=O) groups excluding carboxylic acids is 1. The molecule has 1 aromatic rings. The average molecular weight is 306 g/mol. The summed E-state index contributed by atoms with van der Waals surface area (Å²) in [6.45, 7) is 0.911. The number of pyridine rings is 1. The molecule has 1 amide bonds. The molecule has 1 saturated heterocycles. The standard InChI is InChI=1S/C13H14F4N2O2/c1-12(14)4-5-18(8-12)11(21)7-19-6-9(13(15,16)17)2-3-10(19)20/h2-3,6H,4-5,7-8H2,1H3. The minimum Gasteiger partial charge on any atom is -0.338 e. The summed E-state index contributed by atoms with van der Waals surface area (Å²) in [7, 11) is 0. The Labute approximate surface area is 118 Å². The van der Waals surface area contributed by atoms with Gasteiger partial charge in [0.15, 0.2) is 0 Å². The molecule has 4 nitrogen and oxygen atoms in total. The van der Waals surface area contributed by atoms with E-state index in [0.717, 1.165) is 6.07 Å². The third-order valence-electron chi connectivity index (χ3n) is 3.39. The van der Waals surface area contributed by atoms with Crippen molar-refractivity contribution in [3.63, 3.8) is 0 Å². The van der Waals surface area contributed by atoms with E-state index >= 15 is 0 Å². The Morgan fingerprint density at radius 2 is 2.05 bits per heavy atom. The number of carbonyl (C=O) groups is 1. The maximum absolute atomic E-state index is 13.6. The number of alkyl halides is 4. The number of hydrogen-bond acceptors (Lipinski definition) is 2. The van der Waals surface area contributed by atoms with Crippen molar-refractivity contribution in [1.29, 1.82) is 0 Å². The number of halogens is 4. The lowest BCUT2D eigenvalue weighted by atomic mass is 10.1. The zero-order chi connectivity index (χ0) is 15.8. The molecule has 0 bridgehead atoms. The van der Waals surface area contributed by atoms with E-state index in [1.54, 1.807) is 0 Å². The van der Waals surface area contributed by atoms with Crippen LogP contribution in [0.1, 0.15) is 18.9 Å². The lowest BCUT2D eigenvalue weighted by Gasteiger charge is -2.18. The Morgan fingerprint density at radius 1 is 1.38 bits per heavy atom. The molecule has 1 aromatic heterocycles. The molecular formula is C13H14F4N2O2. The molecule has 0 saturated carbocycles. The molecular weight excluding hydrogens is 292 g/mol. The number of amides is 1. The number of aromatic nitrogens is 1. The van der Waals surface area contributed by atoms with Crippen LogP contribution in [0.3, 0.4) is 0 Å². The summed E-state index contributed by atoms with van der Waals surface area (Å²) in [6, 6.07) is 1.43. The summed E-state index contributed by atoms with van der Waals surface area (Å²) >= 11 is 0. The highest BCUT2D eigenvalue weighted by Gasteiger charge is 2.36. The van der Waals surface area contributed by atoms with E-state index in [1.165, 1.54) is 11.8 Å². The number of nitrogens with zero attached hydrogens (tertiary/aromatic N) is 2. The van der Waals surface area contributed by atoms with E-state index in [1.807, 2.05) is 0 Å². The second-order valence-electron chi connectivity index (χ2n) is 5.36. The maximum atomic E-state index is 13.6. The molecule has 0 N–H and O–H groups in total. The van der Waals surface area contributed by atoms with Crippen LogP contribution < -0.4 is 5.56 Å². The quantitative estimate of drug-likeness (QED) is 0.782. The third kappa shape index (κ3) is 3.62. The van der Waals surface area contributed by atoms with Crippen LogP contribution in [0.25, 0.3) is 0 Å². The highest BCUT2D eigenvalue weighted by Crippen LogP contribution is 2.28. The largest absolute Gasteiger partial charge is 0.417 e. The topological polar surface area (TPSA) is 42.3 Å². The lowest BCUT2D eigenvalue weighted by Crippen LogP contribution is -2.36. The van der Waals surface area contributed by atoms with Crippen LogP contribution in [-0.4, -0.2) is 34.1 Å². The Morgan fingerprint density at radius 3 is 2.57 bits per heavy atom. The summed E-state index contributed by atoms with van der Waals surface area (Å²) < 4.78 is 52.1. The van der Waals surface area contributed by atoms with Crippen LogP contribution in [0.5, 0.6) is 0 Å². The fourth-order valence-electron chi connectivity index (χ4n) is 2.21. The van der Waals surface area contributed by atoms with Gasteiger partial charge in [-0.15, -0.1) is 0 Å². The Hall–Kier alpha value is -1.86. The molecule has 0 radical (unpaired) electrons. The van der Waals surface area contributed by atoms with Gasteiger partial charge < -0.3 is 9.47 Å². The molecule has 21 heavy (non-hydrogen) atoms. The van der Waals surface area contributed by atoms with Crippen molar-refractivity contribution in [2.45, 2.75) is 31.7 Å². The first-order valence-electron chi connectivity index (χ1n) is 6.33. The smallest absolute Gasteiger partial charge is 0.338 e. The van der Waals surface area contributed by atoms with Gasteiger partial charge in [0.2, 0.25) is 5.91 Å². The van der Waals surface area contributed by atoms with Crippen molar-refractivity contribution in [1.82, 2.24) is 9.47 Å². The highest BCUT2D eigenvalue weighted by molar-refractivity contribution is 5.76. The van der Waals surface area contributed by atoms with Gasteiger partial charge in [0, 0.05) is 25.2 Å². The molecule has 1 aliphatic heterocycles. The molecule has 2 heterocycles. The van der Waals surface area contributed by atoms with Crippen LogP contribution in [0.2, 0.25) is 0 Å². The predicted molar refractivity (Wildman–Crippen MR) is 66.4 cm³/mol. The van der Waals surface area contributed by atoms with Gasteiger partial charge in [-0.05, 0) is 13.0 Å². The Kier molecular flexibility index (Phi) is 3.81. The van der Waals surface area contributed by atoms with Crippen molar-refractivity contribution in [3.8, 4) is 0 Å². The summed E-state index contributed by atoms with van der Waals surface area (Å²) in [5, 5.41) is 0. The van der Waals surface area contributed by atoms with Gasteiger partial charge in [0.05, 0.1) is 12.1 Å². The number of likely N-dealkylation sites (tertiary alicyclic amines) is 1.